The average Bonchev–Trinajstić information content (AvgIpc) is 2.01. The minimum absolute atomic E-state index is 0.231. The van der Waals surface area contributed by atoms with Gasteiger partial charge in [0.25, 0.3) is 5.56 Å². The monoisotopic (exact) mass is 154 g/mol. The third kappa shape index (κ3) is 1.70. The molecule has 1 aromatic heterocycles. The highest BCUT2D eigenvalue weighted by Crippen LogP contribution is 2.09. The molecule has 0 aromatic carbocycles. The molecule has 0 saturated heterocycles. The van der Waals surface area contributed by atoms with Gasteiger partial charge in [0, 0.05) is 23.4 Å². The summed E-state index contributed by atoms with van der Waals surface area (Å²) >= 11 is 0. The predicted octanol–water partition coefficient (Wildman–Crippen LogP) is 1.51. The lowest BCUT2D eigenvalue weighted by molar-refractivity contribution is 0.813. The molecule has 0 bridgehead atoms. The molecule has 0 amide bonds. The van der Waals surface area contributed by atoms with E-state index in [0.29, 0.717) is 0 Å². The van der Waals surface area contributed by atoms with Crippen LogP contribution in [-0.4, -0.2) is 4.57 Å². The van der Waals surface area contributed by atoms with Crippen LogP contribution in [0.1, 0.15) is 29.4 Å². The predicted molar refractivity (Wildman–Crippen MR) is 45.8 cm³/mol. The standard InChI is InChI=1S/C9H13NO/c1-7(2)8-4-5-10(3)9(11)6-8/h4-7H,1-3H3/i3D3. The maximum atomic E-state index is 11.4. The van der Waals surface area contributed by atoms with Gasteiger partial charge < -0.3 is 4.57 Å². The van der Waals surface area contributed by atoms with Gasteiger partial charge in [-0.3, -0.25) is 4.79 Å². The molecule has 0 saturated carbocycles. The molecule has 1 rings (SSSR count). The van der Waals surface area contributed by atoms with Gasteiger partial charge in [0.2, 0.25) is 0 Å². The van der Waals surface area contributed by atoms with Crippen molar-refractivity contribution in [2.75, 3.05) is 0 Å². The molecular formula is C9H13NO. The van der Waals surface area contributed by atoms with Crippen LogP contribution in [0.25, 0.3) is 0 Å². The van der Waals surface area contributed by atoms with Crippen LogP contribution in [0.2, 0.25) is 0 Å². The van der Waals surface area contributed by atoms with E-state index in [-0.39, 0.29) is 5.92 Å². The number of rotatable bonds is 1. The van der Waals surface area contributed by atoms with Crippen molar-refractivity contribution in [3.8, 4) is 0 Å². The molecule has 0 aliphatic heterocycles. The summed E-state index contributed by atoms with van der Waals surface area (Å²) in [5, 5.41) is 0. The zero-order valence-electron chi connectivity index (χ0n) is 9.66. The summed E-state index contributed by atoms with van der Waals surface area (Å²) in [7, 11) is 0. The zero-order valence-corrected chi connectivity index (χ0v) is 6.66. The number of hydrogen-bond donors (Lipinski definition) is 0. The second-order valence-electron chi connectivity index (χ2n) is 2.82. The van der Waals surface area contributed by atoms with E-state index < -0.39 is 12.5 Å². The summed E-state index contributed by atoms with van der Waals surface area (Å²) in [5.74, 6) is 0.231. The fourth-order valence-electron chi connectivity index (χ4n) is 0.853. The lowest BCUT2D eigenvalue weighted by Gasteiger charge is -2.04. The first-order chi connectivity index (χ1) is 6.32. The molecule has 1 aromatic rings. The van der Waals surface area contributed by atoms with E-state index in [1.807, 2.05) is 13.8 Å². The Bertz CT molecular complexity index is 378. The van der Waals surface area contributed by atoms with Gasteiger partial charge in [-0.1, -0.05) is 13.8 Å². The summed E-state index contributed by atoms with van der Waals surface area (Å²) in [6.07, 6.45) is 1.32. The summed E-state index contributed by atoms with van der Waals surface area (Å²) in [6.45, 7) is 1.52. The first-order valence-corrected chi connectivity index (χ1v) is 3.55. The number of aromatic nitrogens is 1. The highest BCUT2D eigenvalue weighted by Gasteiger charge is 1.98. The highest BCUT2D eigenvalue weighted by atomic mass is 16.1. The van der Waals surface area contributed by atoms with Crippen molar-refractivity contribution in [3.63, 3.8) is 0 Å². The fraction of sp³-hybridized carbons (Fsp3) is 0.444. The molecule has 0 radical (unpaired) electrons. The van der Waals surface area contributed by atoms with Gasteiger partial charge in [0.15, 0.2) is 0 Å². The van der Waals surface area contributed by atoms with E-state index in [1.165, 1.54) is 12.3 Å². The quantitative estimate of drug-likeness (QED) is 0.601. The molecule has 2 nitrogen and oxygen atoms in total. The van der Waals surface area contributed by atoms with E-state index in [9.17, 15) is 4.79 Å². The summed E-state index contributed by atoms with van der Waals surface area (Å²) < 4.78 is 22.0. The Kier molecular flexibility index (Phi) is 1.26. The second kappa shape index (κ2) is 2.91. The lowest BCUT2D eigenvalue weighted by Crippen LogP contribution is -2.15. The lowest BCUT2D eigenvalue weighted by atomic mass is 10.1. The van der Waals surface area contributed by atoms with Gasteiger partial charge >= 0.3 is 0 Å². The van der Waals surface area contributed by atoms with Gasteiger partial charge in [0.05, 0.1) is 0 Å². The van der Waals surface area contributed by atoms with Gasteiger partial charge in [-0.05, 0) is 17.5 Å². The van der Waals surface area contributed by atoms with E-state index >= 15 is 0 Å². The molecule has 0 spiro atoms. The Morgan fingerprint density at radius 1 is 1.64 bits per heavy atom. The molecular weight excluding hydrogens is 138 g/mol. The first kappa shape index (κ1) is 4.75. The average molecular weight is 154 g/mol. The largest absolute Gasteiger partial charge is 0.319 e. The maximum Gasteiger partial charge on any atom is 0.250 e. The van der Waals surface area contributed by atoms with Crippen molar-refractivity contribution in [2.45, 2.75) is 19.8 Å². The molecule has 0 fully saturated rings. The zero-order chi connectivity index (χ0) is 10.9. The second-order valence-corrected chi connectivity index (χ2v) is 2.82. The van der Waals surface area contributed by atoms with E-state index in [0.717, 1.165) is 10.1 Å². The maximum absolute atomic E-state index is 11.4. The van der Waals surface area contributed by atoms with Gasteiger partial charge in [-0.15, -0.1) is 0 Å². The summed E-state index contributed by atoms with van der Waals surface area (Å²) in [5.41, 5.74) is 0.381. The Morgan fingerprint density at radius 2 is 2.36 bits per heavy atom. The normalized spacial score (nSPS) is 15.7. The molecule has 0 aliphatic carbocycles. The molecule has 0 aliphatic rings. The summed E-state index contributed by atoms with van der Waals surface area (Å²) in [4.78, 5) is 11.4. The minimum Gasteiger partial charge on any atom is -0.319 e. The van der Waals surface area contributed by atoms with E-state index in [1.54, 1.807) is 6.07 Å². The Labute approximate surface area is 70.7 Å². The Hall–Kier alpha value is -1.05. The number of aryl methyl sites for hydroxylation is 1. The van der Waals surface area contributed by atoms with Crippen molar-refractivity contribution in [1.29, 1.82) is 0 Å². The van der Waals surface area contributed by atoms with Crippen LogP contribution in [0.4, 0.5) is 0 Å². The van der Waals surface area contributed by atoms with Crippen LogP contribution in [-0.2, 0) is 6.98 Å². The van der Waals surface area contributed by atoms with Crippen molar-refractivity contribution in [2.24, 2.45) is 6.98 Å². The van der Waals surface area contributed by atoms with Crippen LogP contribution in [0.5, 0.6) is 0 Å². The van der Waals surface area contributed by atoms with E-state index in [2.05, 4.69) is 0 Å². The fourth-order valence-corrected chi connectivity index (χ4v) is 0.853. The van der Waals surface area contributed by atoms with Gasteiger partial charge in [-0.2, -0.15) is 0 Å². The van der Waals surface area contributed by atoms with Crippen molar-refractivity contribution < 1.29 is 4.11 Å². The van der Waals surface area contributed by atoms with Crippen LogP contribution < -0.4 is 5.56 Å². The smallest absolute Gasteiger partial charge is 0.250 e. The van der Waals surface area contributed by atoms with Crippen molar-refractivity contribution in [1.82, 2.24) is 4.57 Å². The molecule has 0 unspecified atom stereocenters. The molecule has 0 N–H and O–H groups in total. The highest BCUT2D eigenvalue weighted by molar-refractivity contribution is 5.14. The molecule has 60 valence electrons. The topological polar surface area (TPSA) is 22.0 Å². The number of hydrogen-bond acceptors (Lipinski definition) is 1. The molecule has 2 heteroatoms. The number of nitrogens with zero attached hydrogens (tertiary/aromatic N) is 1. The SMILES string of the molecule is [2H]C([2H])([2H])n1ccc(C(C)C)cc1=O. The molecule has 1 heterocycles. The molecule has 0 atom stereocenters. The Balaban J connectivity index is 3.22. The molecule has 11 heavy (non-hydrogen) atoms. The minimum atomic E-state index is -2.38. The van der Waals surface area contributed by atoms with E-state index in [4.69, 9.17) is 4.11 Å². The van der Waals surface area contributed by atoms with Crippen LogP contribution >= 0.6 is 0 Å². The third-order valence-corrected chi connectivity index (χ3v) is 1.61. The van der Waals surface area contributed by atoms with Gasteiger partial charge in [-0.25, -0.2) is 0 Å². The third-order valence-electron chi connectivity index (χ3n) is 1.61. The van der Waals surface area contributed by atoms with Crippen molar-refractivity contribution in [3.05, 3.63) is 34.2 Å². The van der Waals surface area contributed by atoms with Gasteiger partial charge in [0.1, 0.15) is 0 Å². The first-order valence-electron chi connectivity index (χ1n) is 5.05. The number of pyridine rings is 1. The Morgan fingerprint density at radius 3 is 2.82 bits per heavy atom. The van der Waals surface area contributed by atoms with Crippen LogP contribution in [0.3, 0.4) is 0 Å². The summed E-state index contributed by atoms with van der Waals surface area (Å²) in [6, 6.07) is 3.04. The van der Waals surface area contributed by atoms with Crippen molar-refractivity contribution >= 4 is 0 Å². The van der Waals surface area contributed by atoms with Crippen LogP contribution in [0.15, 0.2) is 23.1 Å². The van der Waals surface area contributed by atoms with Crippen LogP contribution in [0, 0.1) is 0 Å².